The van der Waals surface area contributed by atoms with E-state index in [0.29, 0.717) is 27.0 Å². The van der Waals surface area contributed by atoms with E-state index in [4.69, 9.17) is 27.9 Å². The Morgan fingerprint density at radius 1 is 0.765 bits per heavy atom. The van der Waals surface area contributed by atoms with Crippen LogP contribution in [-0.2, 0) is 15.1 Å². The normalized spacial score (nSPS) is 13.5. The lowest BCUT2D eigenvalue weighted by molar-refractivity contribution is -0.154. The number of halogens is 5. The Morgan fingerprint density at radius 3 is 1.94 bits per heavy atom. The smallest absolute Gasteiger partial charge is 0.422 e. The molecule has 4 aromatic rings. The van der Waals surface area contributed by atoms with Crippen LogP contribution in [0.2, 0.25) is 10.0 Å². The van der Waals surface area contributed by atoms with Crippen LogP contribution < -0.4 is 31.3 Å². The van der Waals surface area contributed by atoms with Crippen molar-refractivity contribution in [3.63, 3.8) is 0 Å². The molecule has 0 aliphatic heterocycles. The number of carbonyl (C=O) groups excluding carboxylic acids is 3. The van der Waals surface area contributed by atoms with Crippen LogP contribution >= 0.6 is 23.2 Å². The standard InChI is InChI=1S/C34H33Cl2F3N8O4/c1-32(2,18-41-27(49)28(50)42-24-13-9-23(36)10-14-24)17-40-26(48)20-3-11-25(12-4-20)43-29-44-30(46-31(45-29)51-19-34(37,38)39)47-33(15-16-33)21-5-7-22(35)8-6-21/h3-14H,15-19H2,1-2H3,(H,40,48)(H,41,49)(H,42,50)(H2,43,44,45,46,47). The summed E-state index contributed by atoms with van der Waals surface area (Å²) >= 11 is 11.9. The predicted molar refractivity (Wildman–Crippen MR) is 186 cm³/mol. The molecule has 5 N–H and O–H groups in total. The van der Waals surface area contributed by atoms with E-state index < -0.39 is 47.5 Å². The van der Waals surface area contributed by atoms with E-state index in [1.54, 1.807) is 48.5 Å². The van der Waals surface area contributed by atoms with E-state index in [9.17, 15) is 27.6 Å². The third-order valence-corrected chi connectivity index (χ3v) is 8.15. The van der Waals surface area contributed by atoms with Crippen molar-refractivity contribution in [1.29, 1.82) is 0 Å². The fourth-order valence-electron chi connectivity index (χ4n) is 4.71. The van der Waals surface area contributed by atoms with Gasteiger partial charge in [0.25, 0.3) is 5.91 Å². The highest BCUT2D eigenvalue weighted by atomic mass is 35.5. The second-order valence-electron chi connectivity index (χ2n) is 12.6. The summed E-state index contributed by atoms with van der Waals surface area (Å²) in [6.45, 7) is 2.29. The topological polar surface area (TPSA) is 159 Å². The van der Waals surface area contributed by atoms with Gasteiger partial charge in [-0.3, -0.25) is 14.4 Å². The van der Waals surface area contributed by atoms with Crippen LogP contribution in [0.15, 0.2) is 72.8 Å². The summed E-state index contributed by atoms with van der Waals surface area (Å²) in [6.07, 6.45) is -3.14. The molecule has 0 atom stereocenters. The molecule has 3 aromatic carbocycles. The molecule has 0 bridgehead atoms. The first-order chi connectivity index (χ1) is 24.1. The number of aromatic nitrogens is 3. The SMILES string of the molecule is CC(C)(CNC(=O)C(=O)Nc1ccc(Cl)cc1)CNC(=O)c1ccc(Nc2nc(NC3(c4ccc(Cl)cc4)CC3)nc(OCC(F)(F)F)n2)cc1. The molecular formula is C34H33Cl2F3N8O4. The number of alkyl halides is 3. The molecule has 1 aliphatic carbocycles. The van der Waals surface area contributed by atoms with Crippen molar-refractivity contribution >= 4 is 64.2 Å². The minimum Gasteiger partial charge on any atom is -0.454 e. The fourth-order valence-corrected chi connectivity index (χ4v) is 4.96. The Morgan fingerprint density at radius 2 is 1.33 bits per heavy atom. The van der Waals surface area contributed by atoms with Gasteiger partial charge in [0, 0.05) is 40.1 Å². The Labute approximate surface area is 300 Å². The number of nitrogens with one attached hydrogen (secondary N) is 5. The molecule has 1 saturated carbocycles. The lowest BCUT2D eigenvalue weighted by Crippen LogP contribution is -2.44. The molecule has 0 radical (unpaired) electrons. The summed E-state index contributed by atoms with van der Waals surface area (Å²) in [7, 11) is 0. The molecule has 0 saturated heterocycles. The molecule has 1 aromatic heterocycles. The molecule has 1 fully saturated rings. The second kappa shape index (κ2) is 15.4. The molecule has 1 aliphatic rings. The van der Waals surface area contributed by atoms with Gasteiger partial charge in [-0.1, -0.05) is 49.2 Å². The average Bonchev–Trinajstić information content (AvgIpc) is 3.86. The van der Waals surface area contributed by atoms with E-state index in [2.05, 4.69) is 41.5 Å². The van der Waals surface area contributed by atoms with Crippen LogP contribution in [0, 0.1) is 5.41 Å². The van der Waals surface area contributed by atoms with Gasteiger partial charge in [-0.25, -0.2) is 0 Å². The molecule has 51 heavy (non-hydrogen) atoms. The number of anilines is 4. The van der Waals surface area contributed by atoms with Gasteiger partial charge in [-0.05, 0) is 84.5 Å². The van der Waals surface area contributed by atoms with Crippen molar-refractivity contribution in [2.24, 2.45) is 5.41 Å². The zero-order valence-corrected chi connectivity index (χ0v) is 28.8. The summed E-state index contributed by atoms with van der Waals surface area (Å²) in [5, 5.41) is 15.0. The summed E-state index contributed by atoms with van der Waals surface area (Å²) in [5.41, 5.74) is 0.943. The third kappa shape index (κ3) is 10.9. The summed E-state index contributed by atoms with van der Waals surface area (Å²) in [5.74, 6) is -2.15. The first kappa shape index (κ1) is 37.1. The highest BCUT2D eigenvalue weighted by Gasteiger charge is 2.45. The van der Waals surface area contributed by atoms with Crippen molar-refractivity contribution in [2.45, 2.75) is 38.4 Å². The van der Waals surface area contributed by atoms with Gasteiger partial charge in [0.1, 0.15) is 0 Å². The van der Waals surface area contributed by atoms with Gasteiger partial charge in [-0.15, -0.1) is 0 Å². The Balaban J connectivity index is 1.17. The van der Waals surface area contributed by atoms with Crippen LogP contribution in [0.3, 0.4) is 0 Å². The number of rotatable bonds is 13. The van der Waals surface area contributed by atoms with Crippen LogP contribution in [0.25, 0.3) is 0 Å². The molecule has 0 spiro atoms. The summed E-state index contributed by atoms with van der Waals surface area (Å²) < 4.78 is 43.6. The maximum Gasteiger partial charge on any atom is 0.422 e. The van der Waals surface area contributed by atoms with Crippen molar-refractivity contribution in [3.05, 3.63) is 94.0 Å². The number of ether oxygens (including phenoxy) is 1. The zero-order valence-electron chi connectivity index (χ0n) is 27.3. The molecular weight excluding hydrogens is 712 g/mol. The van der Waals surface area contributed by atoms with Gasteiger partial charge in [0.15, 0.2) is 6.61 Å². The maximum absolute atomic E-state index is 12.9. The van der Waals surface area contributed by atoms with Crippen LogP contribution in [0.5, 0.6) is 6.01 Å². The Bertz CT molecular complexity index is 1870. The number of amides is 3. The zero-order chi connectivity index (χ0) is 36.8. The molecule has 0 unspecified atom stereocenters. The first-order valence-corrected chi connectivity index (χ1v) is 16.3. The summed E-state index contributed by atoms with van der Waals surface area (Å²) in [4.78, 5) is 49.8. The largest absolute Gasteiger partial charge is 0.454 e. The van der Waals surface area contributed by atoms with Gasteiger partial charge in [0.05, 0.1) is 5.54 Å². The van der Waals surface area contributed by atoms with Gasteiger partial charge in [0.2, 0.25) is 11.9 Å². The van der Waals surface area contributed by atoms with E-state index in [-0.39, 0.29) is 25.0 Å². The van der Waals surface area contributed by atoms with E-state index in [0.717, 1.165) is 18.4 Å². The minimum absolute atomic E-state index is 0.00844. The number of nitrogens with zero attached hydrogens (tertiary/aromatic N) is 3. The van der Waals surface area contributed by atoms with E-state index >= 15 is 0 Å². The fraction of sp³-hybridized carbons (Fsp3) is 0.294. The quantitative estimate of drug-likeness (QED) is 0.0967. The van der Waals surface area contributed by atoms with E-state index in [1.165, 1.54) is 12.1 Å². The Hall–Kier alpha value is -5.15. The predicted octanol–water partition coefficient (Wildman–Crippen LogP) is 6.48. The maximum atomic E-state index is 12.9. The van der Waals surface area contributed by atoms with Crippen molar-refractivity contribution in [1.82, 2.24) is 25.6 Å². The van der Waals surface area contributed by atoms with Crippen LogP contribution in [0.4, 0.5) is 36.4 Å². The van der Waals surface area contributed by atoms with Crippen molar-refractivity contribution in [3.8, 4) is 6.01 Å². The highest BCUT2D eigenvalue weighted by Crippen LogP contribution is 2.48. The minimum atomic E-state index is -4.61. The lowest BCUT2D eigenvalue weighted by Gasteiger charge is -2.25. The number of benzene rings is 3. The number of hydrogen-bond acceptors (Lipinski definition) is 9. The van der Waals surface area contributed by atoms with E-state index in [1.807, 2.05) is 26.0 Å². The third-order valence-electron chi connectivity index (χ3n) is 7.64. The number of hydrogen-bond donors (Lipinski definition) is 5. The van der Waals surface area contributed by atoms with Crippen molar-refractivity contribution in [2.75, 3.05) is 35.6 Å². The molecule has 268 valence electrons. The van der Waals surface area contributed by atoms with Crippen LogP contribution in [-0.4, -0.2) is 58.5 Å². The molecule has 17 heteroatoms. The molecule has 12 nitrogen and oxygen atoms in total. The second-order valence-corrected chi connectivity index (χ2v) is 13.4. The monoisotopic (exact) mass is 744 g/mol. The van der Waals surface area contributed by atoms with Gasteiger partial charge < -0.3 is 31.3 Å². The number of carbonyl (C=O) groups is 3. The Kier molecular flexibility index (Phi) is 11.2. The highest BCUT2D eigenvalue weighted by molar-refractivity contribution is 6.39. The molecule has 1 heterocycles. The first-order valence-electron chi connectivity index (χ1n) is 15.6. The lowest BCUT2D eigenvalue weighted by atomic mass is 9.93. The van der Waals surface area contributed by atoms with Crippen LogP contribution in [0.1, 0.15) is 42.6 Å². The average molecular weight is 746 g/mol. The molecule has 5 rings (SSSR count). The molecule has 3 amide bonds. The summed E-state index contributed by atoms with van der Waals surface area (Å²) in [6, 6.07) is 19.2. The van der Waals surface area contributed by atoms with Gasteiger partial charge >= 0.3 is 24.0 Å². The van der Waals surface area contributed by atoms with Gasteiger partial charge in [-0.2, -0.15) is 28.1 Å². The van der Waals surface area contributed by atoms with Crippen molar-refractivity contribution < 1.29 is 32.3 Å².